The molecule has 3 heterocycles. The fourth-order valence-corrected chi connectivity index (χ4v) is 3.51. The van der Waals surface area contributed by atoms with E-state index in [4.69, 9.17) is 11.6 Å². The van der Waals surface area contributed by atoms with Gasteiger partial charge in [-0.05, 0) is 46.3 Å². The third-order valence-electron chi connectivity index (χ3n) is 4.08. The van der Waals surface area contributed by atoms with Crippen LogP contribution in [0.4, 0.5) is 5.82 Å². The first-order valence-corrected chi connectivity index (χ1v) is 10.5. The Bertz CT molecular complexity index is 876. The number of carbonyl (C=O) groups excluding carboxylic acids is 1. The second-order valence-electron chi connectivity index (χ2n) is 6.22. The summed E-state index contributed by atoms with van der Waals surface area (Å²) in [5.74, 6) is 1.06. The Labute approximate surface area is 171 Å². The second kappa shape index (κ2) is 10.2. The van der Waals surface area contributed by atoms with E-state index < -0.39 is 0 Å². The third-order valence-corrected chi connectivity index (χ3v) is 5.13. The van der Waals surface area contributed by atoms with Crippen molar-refractivity contribution in [3.63, 3.8) is 0 Å². The highest BCUT2D eigenvalue weighted by atomic mass is 35.5. The highest BCUT2D eigenvalue weighted by Crippen LogP contribution is 2.16. The van der Waals surface area contributed by atoms with Crippen molar-refractivity contribution in [3.8, 4) is 0 Å². The summed E-state index contributed by atoms with van der Waals surface area (Å²) in [6.07, 6.45) is 3.45. The highest BCUT2D eigenvalue weighted by Gasteiger charge is 2.16. The normalized spacial score (nSPS) is 10.9. The van der Waals surface area contributed by atoms with Crippen LogP contribution in [0.3, 0.4) is 0 Å². The average molecular weight is 423 g/mol. The van der Waals surface area contributed by atoms with Crippen LogP contribution in [0.1, 0.15) is 47.4 Å². The summed E-state index contributed by atoms with van der Waals surface area (Å²) in [5, 5.41) is 20.1. The molecule has 0 aromatic carbocycles. The standard InChI is InChI=1S/C17H23ClN8OS/c1-2-3-7-19-15-14(21-17(18)22-15)16(27)20-8-5-9-26-13(23-24-25-26)11-12-6-4-10-28-12/h4,6,10,19H,2-3,5,7-9,11H2,1H3,(H,20,27)(H,21,22). The number of imidazole rings is 1. The minimum absolute atomic E-state index is 0.191. The molecule has 150 valence electrons. The van der Waals surface area contributed by atoms with Crippen LogP contribution >= 0.6 is 22.9 Å². The Morgan fingerprint density at radius 1 is 1.36 bits per heavy atom. The number of hydrogen-bond donors (Lipinski definition) is 3. The summed E-state index contributed by atoms with van der Waals surface area (Å²) >= 11 is 7.59. The number of anilines is 1. The number of carbonyl (C=O) groups is 1. The van der Waals surface area contributed by atoms with E-state index >= 15 is 0 Å². The monoisotopic (exact) mass is 422 g/mol. The fourth-order valence-electron chi connectivity index (χ4n) is 2.63. The number of halogens is 1. The molecule has 0 aliphatic carbocycles. The Balaban J connectivity index is 1.47. The molecular formula is C17H23ClN8OS. The van der Waals surface area contributed by atoms with Crippen LogP contribution < -0.4 is 10.6 Å². The van der Waals surface area contributed by atoms with Crippen LogP contribution in [0.25, 0.3) is 0 Å². The molecule has 0 bridgehead atoms. The highest BCUT2D eigenvalue weighted by molar-refractivity contribution is 7.09. The molecule has 3 aromatic rings. The Kier molecular flexibility index (Phi) is 7.38. The number of unbranched alkanes of at least 4 members (excludes halogenated alkanes) is 1. The summed E-state index contributed by atoms with van der Waals surface area (Å²) in [6, 6.07) is 4.07. The average Bonchev–Trinajstić information content (AvgIpc) is 3.42. The summed E-state index contributed by atoms with van der Waals surface area (Å²) in [6.45, 7) is 3.95. The number of hydrogen-bond acceptors (Lipinski definition) is 7. The van der Waals surface area contributed by atoms with Crippen LogP contribution in [0.2, 0.25) is 5.28 Å². The minimum atomic E-state index is -0.242. The molecule has 3 aromatic heterocycles. The zero-order chi connectivity index (χ0) is 19.8. The number of amides is 1. The van der Waals surface area contributed by atoms with Gasteiger partial charge in [0.25, 0.3) is 5.91 Å². The van der Waals surface area contributed by atoms with Crippen molar-refractivity contribution >= 4 is 34.7 Å². The van der Waals surface area contributed by atoms with Crippen LogP contribution in [-0.4, -0.2) is 49.2 Å². The summed E-state index contributed by atoms with van der Waals surface area (Å²) in [7, 11) is 0. The number of aromatic nitrogens is 6. The predicted octanol–water partition coefficient (Wildman–Crippen LogP) is 2.73. The van der Waals surface area contributed by atoms with Crippen molar-refractivity contribution < 1.29 is 4.79 Å². The van der Waals surface area contributed by atoms with Gasteiger partial charge in [-0.15, -0.1) is 16.4 Å². The zero-order valence-electron chi connectivity index (χ0n) is 15.6. The molecule has 0 fully saturated rings. The Morgan fingerprint density at radius 2 is 2.25 bits per heavy atom. The molecular weight excluding hydrogens is 400 g/mol. The van der Waals surface area contributed by atoms with E-state index in [1.807, 2.05) is 11.4 Å². The number of H-pyrrole nitrogens is 1. The first-order valence-electron chi connectivity index (χ1n) is 9.22. The number of aromatic amines is 1. The van der Waals surface area contributed by atoms with Gasteiger partial charge >= 0.3 is 0 Å². The molecule has 0 radical (unpaired) electrons. The quantitative estimate of drug-likeness (QED) is 0.409. The van der Waals surface area contributed by atoms with Gasteiger partial charge in [-0.2, -0.15) is 0 Å². The maximum absolute atomic E-state index is 12.4. The number of thiophene rings is 1. The molecule has 3 rings (SSSR count). The van der Waals surface area contributed by atoms with Gasteiger partial charge in [0.05, 0.1) is 0 Å². The number of tetrazole rings is 1. The van der Waals surface area contributed by atoms with Gasteiger partial charge in [0.15, 0.2) is 11.6 Å². The molecule has 0 spiro atoms. The van der Waals surface area contributed by atoms with Crippen molar-refractivity contribution in [1.29, 1.82) is 0 Å². The van der Waals surface area contributed by atoms with E-state index in [0.29, 0.717) is 37.4 Å². The van der Waals surface area contributed by atoms with Crippen LogP contribution in [0, 0.1) is 0 Å². The van der Waals surface area contributed by atoms with Crippen molar-refractivity contribution in [2.75, 3.05) is 18.4 Å². The number of nitrogens with one attached hydrogen (secondary N) is 3. The summed E-state index contributed by atoms with van der Waals surface area (Å²) in [5.41, 5.74) is 0.349. The SMILES string of the molecule is CCCCNc1nc(Cl)[nH]c1C(=O)NCCCn1nnnc1Cc1cccs1. The van der Waals surface area contributed by atoms with Gasteiger partial charge in [-0.25, -0.2) is 9.67 Å². The Hall–Kier alpha value is -2.46. The van der Waals surface area contributed by atoms with Gasteiger partial charge in [-0.3, -0.25) is 4.79 Å². The molecule has 0 unspecified atom stereocenters. The van der Waals surface area contributed by atoms with E-state index in [9.17, 15) is 4.79 Å². The van der Waals surface area contributed by atoms with E-state index in [1.165, 1.54) is 4.88 Å². The molecule has 0 aliphatic heterocycles. The van der Waals surface area contributed by atoms with E-state index in [0.717, 1.165) is 25.2 Å². The van der Waals surface area contributed by atoms with Gasteiger partial charge < -0.3 is 15.6 Å². The van der Waals surface area contributed by atoms with E-state index in [2.05, 4.69) is 49.1 Å². The molecule has 3 N–H and O–H groups in total. The number of nitrogens with zero attached hydrogens (tertiary/aromatic N) is 5. The van der Waals surface area contributed by atoms with Crippen molar-refractivity contribution in [3.05, 3.63) is 39.2 Å². The Morgan fingerprint density at radius 3 is 3.04 bits per heavy atom. The molecule has 0 saturated carbocycles. The van der Waals surface area contributed by atoms with E-state index in [-0.39, 0.29) is 11.2 Å². The molecule has 1 amide bonds. The molecule has 9 nitrogen and oxygen atoms in total. The zero-order valence-corrected chi connectivity index (χ0v) is 17.2. The first kappa shape index (κ1) is 20.3. The molecule has 0 saturated heterocycles. The van der Waals surface area contributed by atoms with Crippen molar-refractivity contribution in [2.24, 2.45) is 0 Å². The van der Waals surface area contributed by atoms with Crippen LogP contribution in [0.15, 0.2) is 17.5 Å². The lowest BCUT2D eigenvalue weighted by Crippen LogP contribution is -2.26. The fraction of sp³-hybridized carbons (Fsp3) is 0.471. The third kappa shape index (κ3) is 5.52. The second-order valence-corrected chi connectivity index (χ2v) is 7.61. The van der Waals surface area contributed by atoms with Crippen LogP contribution in [-0.2, 0) is 13.0 Å². The van der Waals surface area contributed by atoms with Gasteiger partial charge in [0.1, 0.15) is 5.69 Å². The first-order chi connectivity index (χ1) is 13.7. The maximum atomic E-state index is 12.4. The maximum Gasteiger partial charge on any atom is 0.271 e. The smallest absolute Gasteiger partial charge is 0.271 e. The molecule has 28 heavy (non-hydrogen) atoms. The lowest BCUT2D eigenvalue weighted by molar-refractivity contribution is 0.0949. The number of rotatable bonds is 11. The molecule has 0 atom stereocenters. The van der Waals surface area contributed by atoms with Gasteiger partial charge in [-0.1, -0.05) is 19.4 Å². The van der Waals surface area contributed by atoms with Crippen molar-refractivity contribution in [1.82, 2.24) is 35.5 Å². The van der Waals surface area contributed by atoms with E-state index in [1.54, 1.807) is 16.0 Å². The lowest BCUT2D eigenvalue weighted by Gasteiger charge is -2.07. The summed E-state index contributed by atoms with van der Waals surface area (Å²) < 4.78 is 1.77. The number of aryl methyl sites for hydroxylation is 1. The van der Waals surface area contributed by atoms with Gasteiger partial charge in [0, 0.05) is 30.9 Å². The minimum Gasteiger partial charge on any atom is -0.368 e. The topological polar surface area (TPSA) is 113 Å². The summed E-state index contributed by atoms with van der Waals surface area (Å²) in [4.78, 5) is 20.6. The van der Waals surface area contributed by atoms with Crippen LogP contribution in [0.5, 0.6) is 0 Å². The molecule has 0 aliphatic rings. The largest absolute Gasteiger partial charge is 0.368 e. The lowest BCUT2D eigenvalue weighted by atomic mass is 10.3. The van der Waals surface area contributed by atoms with Gasteiger partial charge in [0.2, 0.25) is 5.28 Å². The molecule has 11 heteroatoms. The predicted molar refractivity (Wildman–Crippen MR) is 109 cm³/mol. The van der Waals surface area contributed by atoms with Crippen molar-refractivity contribution in [2.45, 2.75) is 39.2 Å².